The maximum Gasteiger partial charge on any atom is 0.122 e. The molecule has 0 atom stereocenters. The predicted molar refractivity (Wildman–Crippen MR) is 74.5 cm³/mol. The van der Waals surface area contributed by atoms with E-state index < -0.39 is 0 Å². The molecule has 4 heteroatoms. The van der Waals surface area contributed by atoms with Gasteiger partial charge in [0.1, 0.15) is 24.7 Å². The first kappa shape index (κ1) is 13.9. The van der Waals surface area contributed by atoms with E-state index in [1.54, 1.807) is 24.3 Å². The second-order valence-corrected chi connectivity index (χ2v) is 4.14. The Balaban J connectivity index is 1.74. The number of hydrogen-bond acceptors (Lipinski definition) is 4. The monoisotopic (exact) mass is 269 g/mol. The van der Waals surface area contributed by atoms with Gasteiger partial charge in [-0.05, 0) is 42.0 Å². The van der Waals surface area contributed by atoms with Crippen LogP contribution in [0.3, 0.4) is 0 Å². The molecule has 0 saturated heterocycles. The Labute approximate surface area is 117 Å². The number of aliphatic hydroxyl groups is 1. The molecule has 0 saturated carbocycles. The number of nitrogens with zero attached hydrogens (tertiary/aromatic N) is 1. The van der Waals surface area contributed by atoms with Crippen molar-refractivity contribution < 1.29 is 14.6 Å². The molecule has 1 N–H and O–H groups in total. The zero-order chi connectivity index (χ0) is 14.2. The minimum absolute atomic E-state index is 0.0298. The highest BCUT2D eigenvalue weighted by Gasteiger charge is 1.97. The summed E-state index contributed by atoms with van der Waals surface area (Å²) in [6.45, 7) is 0.883. The lowest BCUT2D eigenvalue weighted by atomic mass is 10.2. The van der Waals surface area contributed by atoms with Crippen molar-refractivity contribution in [2.45, 2.75) is 6.61 Å². The number of rotatable bonds is 6. The number of hydrogen-bond donors (Lipinski definition) is 1. The van der Waals surface area contributed by atoms with Gasteiger partial charge < -0.3 is 14.6 Å². The first-order valence-electron chi connectivity index (χ1n) is 6.27. The first-order valence-corrected chi connectivity index (χ1v) is 6.27. The molecular formula is C16H15NO3. The molecule has 2 aromatic carbocycles. The highest BCUT2D eigenvalue weighted by atomic mass is 16.5. The minimum atomic E-state index is 0.0298. The van der Waals surface area contributed by atoms with Gasteiger partial charge >= 0.3 is 0 Å². The normalized spacial score (nSPS) is 9.80. The van der Waals surface area contributed by atoms with Crippen LogP contribution >= 0.6 is 0 Å². The predicted octanol–water partition coefficient (Wildman–Crippen LogP) is 2.51. The van der Waals surface area contributed by atoms with Crippen molar-refractivity contribution in [2.24, 2.45) is 0 Å². The van der Waals surface area contributed by atoms with E-state index in [9.17, 15) is 0 Å². The smallest absolute Gasteiger partial charge is 0.122 e. The fourth-order valence-electron chi connectivity index (χ4n) is 1.64. The van der Waals surface area contributed by atoms with Crippen LogP contribution in [0.2, 0.25) is 0 Å². The van der Waals surface area contributed by atoms with E-state index in [-0.39, 0.29) is 6.61 Å². The third kappa shape index (κ3) is 4.01. The summed E-state index contributed by atoms with van der Waals surface area (Å²) in [6.07, 6.45) is 0. The number of ether oxygens (including phenoxy) is 2. The number of aliphatic hydroxyl groups excluding tert-OH is 1. The third-order valence-electron chi connectivity index (χ3n) is 2.71. The lowest BCUT2D eigenvalue weighted by Crippen LogP contribution is -2.08. The van der Waals surface area contributed by atoms with Gasteiger partial charge in [0.25, 0.3) is 0 Å². The fourth-order valence-corrected chi connectivity index (χ4v) is 1.64. The minimum Gasteiger partial charge on any atom is -0.490 e. The summed E-state index contributed by atoms with van der Waals surface area (Å²) < 4.78 is 11.0. The second kappa shape index (κ2) is 7.17. The molecule has 0 unspecified atom stereocenters. The summed E-state index contributed by atoms with van der Waals surface area (Å²) in [4.78, 5) is 0. The van der Waals surface area contributed by atoms with Gasteiger partial charge in [0, 0.05) is 0 Å². The van der Waals surface area contributed by atoms with Crippen LogP contribution in [-0.2, 0) is 6.61 Å². The molecular weight excluding hydrogens is 254 g/mol. The van der Waals surface area contributed by atoms with Crippen molar-refractivity contribution >= 4 is 0 Å². The Morgan fingerprint density at radius 1 is 0.850 bits per heavy atom. The molecule has 0 aromatic heterocycles. The van der Waals surface area contributed by atoms with E-state index in [2.05, 4.69) is 6.07 Å². The third-order valence-corrected chi connectivity index (χ3v) is 2.71. The van der Waals surface area contributed by atoms with Crippen LogP contribution in [0.25, 0.3) is 0 Å². The standard InChI is InChI=1S/C16H15NO3/c17-11-13-1-5-15(6-2-13)19-9-10-20-16-7-3-14(12-18)4-8-16/h1-8,18H,9-10,12H2. The lowest BCUT2D eigenvalue weighted by Gasteiger charge is -2.08. The van der Waals surface area contributed by atoms with E-state index in [1.165, 1.54) is 0 Å². The van der Waals surface area contributed by atoms with Crippen molar-refractivity contribution in [2.75, 3.05) is 13.2 Å². The fraction of sp³-hybridized carbons (Fsp3) is 0.188. The van der Waals surface area contributed by atoms with Crippen molar-refractivity contribution in [1.82, 2.24) is 0 Å². The summed E-state index contributed by atoms with van der Waals surface area (Å²) in [5.41, 5.74) is 1.46. The Hall–Kier alpha value is -2.51. The lowest BCUT2D eigenvalue weighted by molar-refractivity contribution is 0.217. The van der Waals surface area contributed by atoms with Gasteiger partial charge in [0.2, 0.25) is 0 Å². The van der Waals surface area contributed by atoms with E-state index >= 15 is 0 Å². The van der Waals surface area contributed by atoms with Crippen molar-refractivity contribution in [3.8, 4) is 17.6 Å². The largest absolute Gasteiger partial charge is 0.490 e. The van der Waals surface area contributed by atoms with E-state index in [4.69, 9.17) is 19.8 Å². The molecule has 0 radical (unpaired) electrons. The maximum absolute atomic E-state index is 8.93. The molecule has 0 bridgehead atoms. The molecule has 0 aliphatic carbocycles. The van der Waals surface area contributed by atoms with Crippen molar-refractivity contribution in [3.63, 3.8) is 0 Å². The second-order valence-electron chi connectivity index (χ2n) is 4.14. The Bertz CT molecular complexity index is 570. The van der Waals surface area contributed by atoms with Crippen LogP contribution in [0.4, 0.5) is 0 Å². The summed E-state index contributed by atoms with van der Waals surface area (Å²) >= 11 is 0. The molecule has 0 heterocycles. The Morgan fingerprint density at radius 3 is 1.80 bits per heavy atom. The first-order chi connectivity index (χ1) is 9.81. The summed E-state index contributed by atoms with van der Waals surface area (Å²) in [7, 11) is 0. The SMILES string of the molecule is N#Cc1ccc(OCCOc2ccc(CO)cc2)cc1. The van der Waals surface area contributed by atoms with E-state index in [1.807, 2.05) is 24.3 Å². The molecule has 0 aliphatic rings. The molecule has 0 spiro atoms. The van der Waals surface area contributed by atoms with E-state index in [0.29, 0.717) is 24.5 Å². The summed E-state index contributed by atoms with van der Waals surface area (Å²) in [5, 5.41) is 17.6. The molecule has 2 aromatic rings. The van der Waals surface area contributed by atoms with Gasteiger partial charge in [-0.25, -0.2) is 0 Å². The topological polar surface area (TPSA) is 62.5 Å². The Morgan fingerprint density at radius 2 is 1.35 bits per heavy atom. The number of nitriles is 1. The van der Waals surface area contributed by atoms with Gasteiger partial charge in [0.15, 0.2) is 0 Å². The van der Waals surface area contributed by atoms with Crippen LogP contribution < -0.4 is 9.47 Å². The van der Waals surface area contributed by atoms with Crippen LogP contribution in [0, 0.1) is 11.3 Å². The molecule has 0 aliphatic heterocycles. The van der Waals surface area contributed by atoms with Crippen LogP contribution in [0.15, 0.2) is 48.5 Å². The van der Waals surface area contributed by atoms with Gasteiger partial charge in [-0.1, -0.05) is 12.1 Å². The van der Waals surface area contributed by atoms with Crippen LogP contribution in [0.1, 0.15) is 11.1 Å². The molecule has 2 rings (SSSR count). The summed E-state index contributed by atoms with van der Waals surface area (Å²) in [5.74, 6) is 1.45. The van der Waals surface area contributed by atoms with Gasteiger partial charge in [-0.2, -0.15) is 5.26 Å². The zero-order valence-corrected chi connectivity index (χ0v) is 11.0. The van der Waals surface area contributed by atoms with Gasteiger partial charge in [-0.3, -0.25) is 0 Å². The molecule has 102 valence electrons. The molecule has 0 amide bonds. The number of benzene rings is 2. The average Bonchev–Trinajstić information content (AvgIpc) is 2.53. The van der Waals surface area contributed by atoms with Crippen molar-refractivity contribution in [1.29, 1.82) is 5.26 Å². The quantitative estimate of drug-likeness (QED) is 0.818. The van der Waals surface area contributed by atoms with Crippen LogP contribution in [0.5, 0.6) is 11.5 Å². The molecule has 4 nitrogen and oxygen atoms in total. The molecule has 20 heavy (non-hydrogen) atoms. The van der Waals surface area contributed by atoms with E-state index in [0.717, 1.165) is 11.3 Å². The Kier molecular flexibility index (Phi) is 4.99. The summed E-state index contributed by atoms with van der Waals surface area (Å²) in [6, 6.07) is 16.3. The van der Waals surface area contributed by atoms with Crippen LogP contribution in [-0.4, -0.2) is 18.3 Å². The zero-order valence-electron chi connectivity index (χ0n) is 11.0. The highest BCUT2D eigenvalue weighted by Crippen LogP contribution is 2.13. The average molecular weight is 269 g/mol. The van der Waals surface area contributed by atoms with Gasteiger partial charge in [-0.15, -0.1) is 0 Å². The molecule has 0 fully saturated rings. The maximum atomic E-state index is 8.93. The van der Waals surface area contributed by atoms with Crippen molar-refractivity contribution in [3.05, 3.63) is 59.7 Å². The van der Waals surface area contributed by atoms with Gasteiger partial charge in [0.05, 0.1) is 18.2 Å². The highest BCUT2D eigenvalue weighted by molar-refractivity contribution is 5.34.